The molecule has 11 heteroatoms. The first-order chi connectivity index (χ1) is 18.8. The maximum Gasteiger partial charge on any atom is 0.342 e. The molecule has 39 heavy (non-hydrogen) atoms. The Morgan fingerprint density at radius 1 is 0.974 bits per heavy atom. The summed E-state index contributed by atoms with van der Waals surface area (Å²) in [5.41, 5.74) is 2.25. The molecular formula is C28H25Cl2N3O5S. The van der Waals surface area contributed by atoms with Crippen LogP contribution in [-0.2, 0) is 17.9 Å². The van der Waals surface area contributed by atoms with E-state index in [4.69, 9.17) is 37.4 Å². The lowest BCUT2D eigenvalue weighted by Gasteiger charge is -2.11. The summed E-state index contributed by atoms with van der Waals surface area (Å²) in [7, 11) is 3.14. The number of thioether (sulfide) groups is 1. The minimum atomic E-state index is -1.09. The van der Waals surface area contributed by atoms with Crippen LogP contribution in [0.15, 0.2) is 70.7 Å². The van der Waals surface area contributed by atoms with Crippen LogP contribution in [0.25, 0.3) is 17.5 Å². The van der Waals surface area contributed by atoms with Gasteiger partial charge in [-0.05, 0) is 72.3 Å². The molecule has 0 aliphatic carbocycles. The number of methoxy groups -OCH3 is 2. The average molecular weight is 586 g/mol. The molecule has 0 saturated heterocycles. The van der Waals surface area contributed by atoms with E-state index in [1.807, 2.05) is 29.7 Å². The predicted molar refractivity (Wildman–Crippen MR) is 153 cm³/mol. The molecule has 0 bridgehead atoms. The first-order valence-electron chi connectivity index (χ1n) is 11.8. The summed E-state index contributed by atoms with van der Waals surface area (Å²) in [6.07, 6.45) is 1.57. The van der Waals surface area contributed by atoms with Gasteiger partial charge in [0.05, 0.1) is 24.3 Å². The number of aromatic nitrogens is 3. The SMILES string of the molecule is CCn1c(S/C(=C\c2cccc(OCc3ccc(Cl)c(Cl)c3)c2)C(=O)O)nnc1-c1cc(OC)cc(OC)c1. The number of rotatable bonds is 11. The molecule has 4 rings (SSSR count). The minimum absolute atomic E-state index is 0.0773. The van der Waals surface area contributed by atoms with Gasteiger partial charge in [-0.3, -0.25) is 0 Å². The van der Waals surface area contributed by atoms with Crippen LogP contribution in [0.3, 0.4) is 0 Å². The molecule has 1 N–H and O–H groups in total. The summed E-state index contributed by atoms with van der Waals surface area (Å²) in [6, 6.07) is 17.9. The van der Waals surface area contributed by atoms with E-state index in [-0.39, 0.29) is 11.5 Å². The number of benzene rings is 3. The van der Waals surface area contributed by atoms with Crippen molar-refractivity contribution in [2.45, 2.75) is 25.2 Å². The van der Waals surface area contributed by atoms with Gasteiger partial charge in [-0.2, -0.15) is 0 Å². The van der Waals surface area contributed by atoms with E-state index in [0.717, 1.165) is 22.9 Å². The number of carboxylic acid groups (broad SMARTS) is 1. The number of carboxylic acids is 1. The summed E-state index contributed by atoms with van der Waals surface area (Å²) >= 11 is 13.1. The molecule has 0 amide bonds. The van der Waals surface area contributed by atoms with Crippen LogP contribution >= 0.6 is 35.0 Å². The second-order valence-electron chi connectivity index (χ2n) is 8.18. The zero-order valence-corrected chi connectivity index (χ0v) is 23.7. The van der Waals surface area contributed by atoms with Crippen molar-refractivity contribution in [3.05, 3.63) is 86.7 Å². The van der Waals surface area contributed by atoms with Crippen molar-refractivity contribution in [2.24, 2.45) is 0 Å². The Hall–Kier alpha value is -3.66. The van der Waals surface area contributed by atoms with Crippen LogP contribution < -0.4 is 14.2 Å². The molecule has 3 aromatic carbocycles. The van der Waals surface area contributed by atoms with Crippen LogP contribution in [-0.4, -0.2) is 40.1 Å². The molecule has 0 radical (unpaired) electrons. The second-order valence-corrected chi connectivity index (χ2v) is 10.0. The van der Waals surface area contributed by atoms with Gasteiger partial charge < -0.3 is 23.9 Å². The first kappa shape index (κ1) is 28.4. The zero-order chi connectivity index (χ0) is 27.9. The highest BCUT2D eigenvalue weighted by atomic mass is 35.5. The smallest absolute Gasteiger partial charge is 0.342 e. The molecule has 202 valence electrons. The average Bonchev–Trinajstić information content (AvgIpc) is 3.35. The number of hydrogen-bond acceptors (Lipinski definition) is 7. The molecular weight excluding hydrogens is 561 g/mol. The fourth-order valence-electron chi connectivity index (χ4n) is 3.67. The summed E-state index contributed by atoms with van der Waals surface area (Å²) in [5, 5.41) is 19.9. The number of aliphatic carboxylic acids is 1. The molecule has 0 unspecified atom stereocenters. The predicted octanol–water partition coefficient (Wildman–Crippen LogP) is 7.09. The highest BCUT2D eigenvalue weighted by Gasteiger charge is 2.19. The highest BCUT2D eigenvalue weighted by molar-refractivity contribution is 8.04. The van der Waals surface area contributed by atoms with E-state index in [0.29, 0.717) is 50.4 Å². The topological polar surface area (TPSA) is 95.7 Å². The van der Waals surface area contributed by atoms with Gasteiger partial charge in [0.15, 0.2) is 11.0 Å². The number of nitrogens with zero attached hydrogens (tertiary/aromatic N) is 3. The summed E-state index contributed by atoms with van der Waals surface area (Å²) in [6.45, 7) is 2.74. The van der Waals surface area contributed by atoms with E-state index in [9.17, 15) is 9.90 Å². The van der Waals surface area contributed by atoms with Gasteiger partial charge in [0.25, 0.3) is 0 Å². The molecule has 0 fully saturated rings. The van der Waals surface area contributed by atoms with Crippen molar-refractivity contribution in [1.82, 2.24) is 14.8 Å². The maximum atomic E-state index is 12.2. The Balaban J connectivity index is 1.57. The van der Waals surface area contributed by atoms with E-state index >= 15 is 0 Å². The van der Waals surface area contributed by atoms with Crippen LogP contribution in [0.5, 0.6) is 17.2 Å². The van der Waals surface area contributed by atoms with Crippen LogP contribution in [0.2, 0.25) is 10.0 Å². The fourth-order valence-corrected chi connectivity index (χ4v) is 4.88. The van der Waals surface area contributed by atoms with Gasteiger partial charge in [0, 0.05) is 18.2 Å². The molecule has 0 aliphatic rings. The molecule has 1 aromatic heterocycles. The van der Waals surface area contributed by atoms with Crippen molar-refractivity contribution in [3.8, 4) is 28.6 Å². The molecule has 0 saturated carbocycles. The van der Waals surface area contributed by atoms with Gasteiger partial charge in [0.1, 0.15) is 28.8 Å². The lowest BCUT2D eigenvalue weighted by atomic mass is 10.2. The van der Waals surface area contributed by atoms with E-state index < -0.39 is 5.97 Å². The third kappa shape index (κ3) is 7.06. The first-order valence-corrected chi connectivity index (χ1v) is 13.3. The van der Waals surface area contributed by atoms with Gasteiger partial charge >= 0.3 is 5.97 Å². The van der Waals surface area contributed by atoms with Gasteiger partial charge in [0.2, 0.25) is 0 Å². The largest absolute Gasteiger partial charge is 0.497 e. The Kier molecular flexibility index (Phi) is 9.40. The molecule has 0 spiro atoms. The number of ether oxygens (including phenoxy) is 3. The quantitative estimate of drug-likeness (QED) is 0.147. The lowest BCUT2D eigenvalue weighted by molar-refractivity contribution is -0.131. The Labute approximate surface area is 240 Å². The Bertz CT molecular complexity index is 1500. The van der Waals surface area contributed by atoms with Crippen molar-refractivity contribution >= 4 is 47.0 Å². The van der Waals surface area contributed by atoms with Crippen LogP contribution in [0, 0.1) is 0 Å². The number of halogens is 2. The normalized spacial score (nSPS) is 11.4. The third-order valence-electron chi connectivity index (χ3n) is 5.60. The van der Waals surface area contributed by atoms with E-state index in [2.05, 4.69) is 10.2 Å². The Morgan fingerprint density at radius 2 is 1.72 bits per heavy atom. The summed E-state index contributed by atoms with van der Waals surface area (Å²) in [4.78, 5) is 12.2. The van der Waals surface area contributed by atoms with Crippen molar-refractivity contribution < 1.29 is 24.1 Å². The highest BCUT2D eigenvalue weighted by Crippen LogP contribution is 2.34. The Morgan fingerprint density at radius 3 is 2.36 bits per heavy atom. The van der Waals surface area contributed by atoms with Gasteiger partial charge in [-0.1, -0.05) is 41.4 Å². The monoisotopic (exact) mass is 585 g/mol. The van der Waals surface area contributed by atoms with Crippen LogP contribution in [0.4, 0.5) is 0 Å². The molecule has 4 aromatic rings. The van der Waals surface area contributed by atoms with Gasteiger partial charge in [-0.25, -0.2) is 4.79 Å². The van der Waals surface area contributed by atoms with Crippen molar-refractivity contribution in [2.75, 3.05) is 14.2 Å². The third-order valence-corrected chi connectivity index (χ3v) is 7.34. The fraction of sp³-hybridized carbons (Fsp3) is 0.179. The summed E-state index contributed by atoms with van der Waals surface area (Å²) < 4.78 is 18.5. The molecule has 8 nitrogen and oxygen atoms in total. The second kappa shape index (κ2) is 12.9. The molecule has 1 heterocycles. The number of hydrogen-bond donors (Lipinski definition) is 1. The minimum Gasteiger partial charge on any atom is -0.497 e. The zero-order valence-electron chi connectivity index (χ0n) is 21.4. The molecule has 0 aliphatic heterocycles. The van der Waals surface area contributed by atoms with Crippen LogP contribution in [0.1, 0.15) is 18.1 Å². The van der Waals surface area contributed by atoms with Crippen molar-refractivity contribution in [3.63, 3.8) is 0 Å². The van der Waals surface area contributed by atoms with Crippen molar-refractivity contribution in [1.29, 1.82) is 0 Å². The molecule has 0 atom stereocenters. The van der Waals surface area contributed by atoms with E-state index in [1.54, 1.807) is 62.8 Å². The lowest BCUT2D eigenvalue weighted by Crippen LogP contribution is -2.03. The maximum absolute atomic E-state index is 12.2. The summed E-state index contributed by atoms with van der Waals surface area (Å²) in [5.74, 6) is 1.28. The standard InChI is InChI=1S/C28H25Cl2N3O5S/c1-4-33-26(19-13-21(36-2)15-22(14-19)37-3)31-32-28(33)39-25(27(34)35)12-17-6-5-7-20(10-17)38-16-18-8-9-23(29)24(30)11-18/h5-15H,4,16H2,1-3H3,(H,34,35)/b25-12-. The van der Waals surface area contributed by atoms with E-state index in [1.165, 1.54) is 0 Å². The number of carbonyl (C=O) groups is 1. The van der Waals surface area contributed by atoms with Gasteiger partial charge in [-0.15, -0.1) is 10.2 Å².